The van der Waals surface area contributed by atoms with E-state index >= 15 is 0 Å². The van der Waals surface area contributed by atoms with Crippen LogP contribution in [0.2, 0.25) is 0 Å². The molecule has 0 amide bonds. The molecule has 1 heterocycles. The highest BCUT2D eigenvalue weighted by Gasteiger charge is 2.16. The van der Waals surface area contributed by atoms with E-state index in [4.69, 9.17) is 10.5 Å². The highest BCUT2D eigenvalue weighted by atomic mass is 32.2. The summed E-state index contributed by atoms with van der Waals surface area (Å²) in [4.78, 5) is 4.58. The summed E-state index contributed by atoms with van der Waals surface area (Å²) in [5, 5.41) is 0. The summed E-state index contributed by atoms with van der Waals surface area (Å²) in [5.74, 6) is 1.01. The minimum absolute atomic E-state index is 0.0614. The SMILES string of the molecule is COC(C)(C)CCSc1nc2ccc(N)cc2s1. The second kappa shape index (κ2) is 5.47. The van der Waals surface area contributed by atoms with Gasteiger partial charge in [0.1, 0.15) is 0 Å². The monoisotopic (exact) mass is 282 g/mol. The Morgan fingerprint density at radius 3 is 2.94 bits per heavy atom. The van der Waals surface area contributed by atoms with Gasteiger partial charge in [0.05, 0.1) is 15.8 Å². The summed E-state index contributed by atoms with van der Waals surface area (Å²) < 4.78 is 7.66. The number of nitrogens with zero attached hydrogens (tertiary/aromatic N) is 1. The van der Waals surface area contributed by atoms with E-state index in [-0.39, 0.29) is 5.60 Å². The van der Waals surface area contributed by atoms with Crippen molar-refractivity contribution >= 4 is 39.0 Å². The van der Waals surface area contributed by atoms with Gasteiger partial charge >= 0.3 is 0 Å². The van der Waals surface area contributed by atoms with Crippen molar-refractivity contribution in [3.63, 3.8) is 0 Å². The molecule has 0 saturated carbocycles. The number of thiazole rings is 1. The lowest BCUT2D eigenvalue weighted by Gasteiger charge is -2.21. The summed E-state index contributed by atoms with van der Waals surface area (Å²) in [7, 11) is 1.76. The number of rotatable bonds is 5. The van der Waals surface area contributed by atoms with Crippen molar-refractivity contribution in [2.45, 2.75) is 30.2 Å². The molecule has 2 N–H and O–H groups in total. The third-order valence-corrected chi connectivity index (χ3v) is 5.04. The number of benzene rings is 1. The van der Waals surface area contributed by atoms with Gasteiger partial charge in [0, 0.05) is 18.6 Å². The van der Waals surface area contributed by atoms with Gasteiger partial charge in [0.2, 0.25) is 0 Å². The van der Waals surface area contributed by atoms with E-state index in [0.29, 0.717) is 0 Å². The molecule has 0 saturated heterocycles. The molecule has 0 atom stereocenters. The molecule has 0 aliphatic heterocycles. The van der Waals surface area contributed by atoms with E-state index in [2.05, 4.69) is 18.8 Å². The zero-order valence-electron chi connectivity index (χ0n) is 10.9. The maximum atomic E-state index is 5.76. The van der Waals surface area contributed by atoms with Crippen LogP contribution in [0.4, 0.5) is 5.69 Å². The molecular formula is C13H18N2OS2. The molecule has 5 heteroatoms. The van der Waals surface area contributed by atoms with Crippen molar-refractivity contribution in [2.75, 3.05) is 18.6 Å². The van der Waals surface area contributed by atoms with Gasteiger partial charge in [-0.05, 0) is 38.5 Å². The van der Waals surface area contributed by atoms with Crippen molar-refractivity contribution in [1.82, 2.24) is 4.98 Å². The zero-order chi connectivity index (χ0) is 13.2. The minimum atomic E-state index is -0.0614. The topological polar surface area (TPSA) is 48.1 Å². The van der Waals surface area contributed by atoms with E-state index in [1.807, 2.05) is 18.2 Å². The zero-order valence-corrected chi connectivity index (χ0v) is 12.5. The third-order valence-electron chi connectivity index (χ3n) is 2.88. The largest absolute Gasteiger partial charge is 0.399 e. The van der Waals surface area contributed by atoms with E-state index in [1.54, 1.807) is 30.2 Å². The first-order valence-electron chi connectivity index (χ1n) is 5.84. The molecule has 0 aliphatic carbocycles. The van der Waals surface area contributed by atoms with Crippen molar-refractivity contribution < 1.29 is 4.74 Å². The van der Waals surface area contributed by atoms with Crippen LogP contribution in [0.5, 0.6) is 0 Å². The van der Waals surface area contributed by atoms with Crippen LogP contribution in [0.1, 0.15) is 20.3 Å². The number of ether oxygens (including phenoxy) is 1. The standard InChI is InChI=1S/C13H18N2OS2/c1-13(2,16-3)6-7-17-12-15-10-5-4-9(14)8-11(10)18-12/h4-5,8H,6-7,14H2,1-3H3. The van der Waals surface area contributed by atoms with Gasteiger partial charge in [0.15, 0.2) is 4.34 Å². The second-order valence-electron chi connectivity index (χ2n) is 4.77. The molecule has 1 aromatic carbocycles. The number of hydrogen-bond donors (Lipinski definition) is 1. The predicted octanol–water partition coefficient (Wildman–Crippen LogP) is 3.79. The number of nitrogens with two attached hydrogens (primary N) is 1. The Bertz CT molecular complexity index is 537. The Kier molecular flexibility index (Phi) is 4.14. The van der Waals surface area contributed by atoms with Crippen molar-refractivity contribution in [3.05, 3.63) is 18.2 Å². The lowest BCUT2D eigenvalue weighted by molar-refractivity contribution is 0.0207. The number of hydrogen-bond acceptors (Lipinski definition) is 5. The Labute approximate surface area is 116 Å². The van der Waals surface area contributed by atoms with Crippen molar-refractivity contribution in [3.8, 4) is 0 Å². The molecule has 2 rings (SSSR count). The fourth-order valence-electron chi connectivity index (χ4n) is 1.47. The first-order valence-corrected chi connectivity index (χ1v) is 7.64. The van der Waals surface area contributed by atoms with E-state index < -0.39 is 0 Å². The molecule has 0 aliphatic rings. The van der Waals surface area contributed by atoms with Crippen molar-refractivity contribution in [2.24, 2.45) is 0 Å². The third kappa shape index (κ3) is 3.37. The molecule has 0 fully saturated rings. The van der Waals surface area contributed by atoms with Crippen LogP contribution in [-0.4, -0.2) is 23.4 Å². The lowest BCUT2D eigenvalue weighted by atomic mass is 10.1. The molecule has 3 nitrogen and oxygen atoms in total. The molecule has 0 radical (unpaired) electrons. The lowest BCUT2D eigenvalue weighted by Crippen LogP contribution is -2.22. The van der Waals surface area contributed by atoms with E-state index in [0.717, 1.165) is 32.4 Å². The molecule has 0 spiro atoms. The molecule has 18 heavy (non-hydrogen) atoms. The minimum Gasteiger partial charge on any atom is -0.399 e. The van der Waals surface area contributed by atoms with Crippen LogP contribution in [0.3, 0.4) is 0 Å². The predicted molar refractivity (Wildman–Crippen MR) is 80.5 cm³/mol. The molecule has 98 valence electrons. The van der Waals surface area contributed by atoms with Crippen LogP contribution in [0, 0.1) is 0 Å². The normalized spacial score (nSPS) is 12.2. The summed E-state index contributed by atoms with van der Waals surface area (Å²) in [5.41, 5.74) is 7.53. The summed E-state index contributed by atoms with van der Waals surface area (Å²) in [6.45, 7) is 4.21. The average Bonchev–Trinajstić information content (AvgIpc) is 2.70. The van der Waals surface area contributed by atoms with Gasteiger partial charge < -0.3 is 10.5 Å². The maximum absolute atomic E-state index is 5.76. The Morgan fingerprint density at radius 1 is 1.44 bits per heavy atom. The van der Waals surface area contributed by atoms with Gasteiger partial charge in [-0.2, -0.15) is 0 Å². The molecule has 2 aromatic rings. The highest BCUT2D eigenvalue weighted by Crippen LogP contribution is 2.32. The number of anilines is 1. The van der Waals surface area contributed by atoms with Crippen molar-refractivity contribution in [1.29, 1.82) is 0 Å². The number of thioether (sulfide) groups is 1. The highest BCUT2D eigenvalue weighted by molar-refractivity contribution is 8.01. The van der Waals surface area contributed by atoms with Crippen LogP contribution < -0.4 is 5.73 Å². The number of methoxy groups -OCH3 is 1. The van der Waals surface area contributed by atoms with E-state index in [1.165, 1.54) is 0 Å². The summed E-state index contributed by atoms with van der Waals surface area (Å²) in [6.07, 6.45) is 1.01. The van der Waals surface area contributed by atoms with Gasteiger partial charge in [0.25, 0.3) is 0 Å². The fourth-order valence-corrected chi connectivity index (χ4v) is 3.90. The Morgan fingerprint density at radius 2 is 2.22 bits per heavy atom. The Hall–Kier alpha value is -0.780. The van der Waals surface area contributed by atoms with Gasteiger partial charge in [-0.25, -0.2) is 4.98 Å². The first kappa shape index (κ1) is 13.6. The van der Waals surface area contributed by atoms with Crippen LogP contribution in [0.25, 0.3) is 10.2 Å². The van der Waals surface area contributed by atoms with Gasteiger partial charge in [-0.15, -0.1) is 11.3 Å². The van der Waals surface area contributed by atoms with Crippen LogP contribution in [0.15, 0.2) is 22.5 Å². The number of fused-ring (bicyclic) bond motifs is 1. The van der Waals surface area contributed by atoms with Crippen LogP contribution in [-0.2, 0) is 4.74 Å². The maximum Gasteiger partial charge on any atom is 0.151 e. The summed E-state index contributed by atoms with van der Waals surface area (Å²) >= 11 is 3.48. The molecular weight excluding hydrogens is 264 g/mol. The first-order chi connectivity index (χ1) is 8.50. The molecule has 0 unspecified atom stereocenters. The number of aromatic nitrogens is 1. The van der Waals surface area contributed by atoms with E-state index in [9.17, 15) is 0 Å². The van der Waals surface area contributed by atoms with Gasteiger partial charge in [-0.1, -0.05) is 11.8 Å². The number of nitrogen functional groups attached to an aromatic ring is 1. The Balaban J connectivity index is 2.00. The summed E-state index contributed by atoms with van der Waals surface area (Å²) in [6, 6.07) is 5.85. The second-order valence-corrected chi connectivity index (χ2v) is 7.14. The van der Waals surface area contributed by atoms with Gasteiger partial charge in [-0.3, -0.25) is 0 Å². The quantitative estimate of drug-likeness (QED) is 0.669. The smallest absolute Gasteiger partial charge is 0.151 e. The fraction of sp³-hybridized carbons (Fsp3) is 0.462. The van der Waals surface area contributed by atoms with Crippen LogP contribution >= 0.6 is 23.1 Å². The molecule has 1 aromatic heterocycles. The molecule has 0 bridgehead atoms. The average molecular weight is 282 g/mol.